The van der Waals surface area contributed by atoms with Crippen molar-refractivity contribution in [1.82, 2.24) is 24.4 Å². The summed E-state index contributed by atoms with van der Waals surface area (Å²) >= 11 is 0. The van der Waals surface area contributed by atoms with Crippen molar-refractivity contribution in [3.05, 3.63) is 95.8 Å². The van der Waals surface area contributed by atoms with Crippen molar-refractivity contribution in [3.8, 4) is 17.1 Å². The topological polar surface area (TPSA) is 53.3 Å². The highest BCUT2D eigenvalue weighted by atomic mass is 15.2. The Morgan fingerprint density at radius 1 is 0.744 bits per heavy atom. The van der Waals surface area contributed by atoms with E-state index in [0.29, 0.717) is 0 Å². The van der Waals surface area contributed by atoms with E-state index in [0.717, 1.165) is 85.4 Å². The Labute approximate surface area is 255 Å². The number of anilines is 2. The molecule has 1 saturated heterocycles. The zero-order chi connectivity index (χ0) is 29.8. The van der Waals surface area contributed by atoms with Crippen LogP contribution >= 0.6 is 0 Å². The Morgan fingerprint density at radius 2 is 1.51 bits per heavy atom. The first kappa shape index (κ1) is 28.9. The van der Waals surface area contributed by atoms with Crippen LogP contribution in [0.3, 0.4) is 0 Å². The van der Waals surface area contributed by atoms with Crippen molar-refractivity contribution in [2.45, 2.75) is 40.0 Å². The summed E-state index contributed by atoms with van der Waals surface area (Å²) in [4.78, 5) is 22.4. The molecule has 1 fully saturated rings. The van der Waals surface area contributed by atoms with Crippen LogP contribution in [0.4, 0.5) is 11.5 Å². The SMILES string of the molecule is Cc1nc(N(C)CCCCN2CCCN(c3cccc(C)c3C)CC2)c2nc(-c3ccccc3)n(-c3ccccc3)c2n1. The third-order valence-electron chi connectivity index (χ3n) is 8.73. The number of hydrogen-bond donors (Lipinski definition) is 0. The number of hydrogen-bond acceptors (Lipinski definition) is 6. The van der Waals surface area contributed by atoms with Gasteiger partial charge in [-0.2, -0.15) is 0 Å². The number of nitrogens with zero attached hydrogens (tertiary/aromatic N) is 7. The van der Waals surface area contributed by atoms with E-state index in [-0.39, 0.29) is 0 Å². The molecule has 3 heterocycles. The number of aryl methyl sites for hydroxylation is 2. The lowest BCUT2D eigenvalue weighted by Gasteiger charge is -2.26. The zero-order valence-corrected chi connectivity index (χ0v) is 26.0. The molecule has 5 aromatic rings. The molecule has 0 bridgehead atoms. The highest BCUT2D eigenvalue weighted by molar-refractivity contribution is 5.88. The van der Waals surface area contributed by atoms with Gasteiger partial charge in [0.1, 0.15) is 11.6 Å². The monoisotopic (exact) mass is 573 g/mol. The van der Waals surface area contributed by atoms with Crippen molar-refractivity contribution in [2.24, 2.45) is 0 Å². The molecule has 1 aliphatic rings. The van der Waals surface area contributed by atoms with Crippen molar-refractivity contribution in [3.63, 3.8) is 0 Å². The van der Waals surface area contributed by atoms with Gasteiger partial charge in [-0.1, -0.05) is 60.7 Å². The Morgan fingerprint density at radius 3 is 2.30 bits per heavy atom. The van der Waals surface area contributed by atoms with Crippen LogP contribution in [0.1, 0.15) is 36.2 Å². The normalized spacial score (nSPS) is 14.3. The van der Waals surface area contributed by atoms with E-state index in [1.807, 2.05) is 19.1 Å². The van der Waals surface area contributed by atoms with Crippen LogP contribution in [0.2, 0.25) is 0 Å². The molecule has 7 nitrogen and oxygen atoms in total. The highest BCUT2D eigenvalue weighted by Gasteiger charge is 2.22. The predicted octanol–water partition coefficient (Wildman–Crippen LogP) is 6.84. The predicted molar refractivity (Wildman–Crippen MR) is 179 cm³/mol. The molecule has 0 radical (unpaired) electrons. The summed E-state index contributed by atoms with van der Waals surface area (Å²) in [7, 11) is 2.14. The second kappa shape index (κ2) is 13.0. The number of fused-ring (bicyclic) bond motifs is 1. The van der Waals surface area contributed by atoms with E-state index in [1.165, 1.54) is 29.8 Å². The lowest BCUT2D eigenvalue weighted by atomic mass is 10.1. The molecule has 2 aromatic heterocycles. The number of rotatable bonds is 9. The molecule has 43 heavy (non-hydrogen) atoms. The van der Waals surface area contributed by atoms with Crippen LogP contribution in [0.25, 0.3) is 28.2 Å². The van der Waals surface area contributed by atoms with Crippen molar-refractivity contribution >= 4 is 22.7 Å². The number of benzene rings is 3. The maximum Gasteiger partial charge on any atom is 0.170 e. The van der Waals surface area contributed by atoms with Gasteiger partial charge in [0.25, 0.3) is 0 Å². The molecule has 0 saturated carbocycles. The van der Waals surface area contributed by atoms with Crippen LogP contribution in [0, 0.1) is 20.8 Å². The van der Waals surface area contributed by atoms with Gasteiger partial charge in [-0.05, 0) is 82.4 Å². The molecule has 222 valence electrons. The standard InChI is InChI=1S/C36H43N7/c1-27-15-13-20-32(28(27)2)42-24-14-23-41(25-26-42)22-12-11-21-40(4)35-33-36(38-29(3)37-35)43(31-18-9-6-10-19-31)34(39-33)30-16-7-5-8-17-30/h5-10,13,15-20H,11-12,14,21-26H2,1-4H3. The van der Waals surface area contributed by atoms with Gasteiger partial charge in [-0.25, -0.2) is 15.0 Å². The molecular weight excluding hydrogens is 530 g/mol. The van der Waals surface area contributed by atoms with Crippen LogP contribution in [-0.4, -0.2) is 70.7 Å². The van der Waals surface area contributed by atoms with Gasteiger partial charge < -0.3 is 14.7 Å². The Bertz CT molecular complexity index is 1660. The fourth-order valence-electron chi connectivity index (χ4n) is 6.22. The third kappa shape index (κ3) is 6.27. The van der Waals surface area contributed by atoms with Gasteiger partial charge in [0, 0.05) is 50.2 Å². The largest absolute Gasteiger partial charge is 0.370 e. The first-order chi connectivity index (χ1) is 21.0. The second-order valence-corrected chi connectivity index (χ2v) is 11.8. The van der Waals surface area contributed by atoms with Gasteiger partial charge in [-0.3, -0.25) is 4.57 Å². The van der Waals surface area contributed by atoms with Gasteiger partial charge in [0.05, 0.1) is 0 Å². The molecular formula is C36H43N7. The number of unbranched alkanes of at least 4 members (excludes halogenated alkanes) is 1. The smallest absolute Gasteiger partial charge is 0.170 e. The summed E-state index contributed by atoms with van der Waals surface area (Å²) in [6, 6.07) is 27.4. The summed E-state index contributed by atoms with van der Waals surface area (Å²) in [6.45, 7) is 13.0. The van der Waals surface area contributed by atoms with Gasteiger partial charge in [-0.15, -0.1) is 0 Å². The number of aromatic nitrogens is 4. The summed E-state index contributed by atoms with van der Waals surface area (Å²) in [6.07, 6.45) is 3.47. The minimum atomic E-state index is 0.754. The lowest BCUT2D eigenvalue weighted by molar-refractivity contribution is 0.287. The zero-order valence-electron chi connectivity index (χ0n) is 26.0. The fourth-order valence-corrected chi connectivity index (χ4v) is 6.22. The summed E-state index contributed by atoms with van der Waals surface area (Å²) in [5.41, 5.74) is 7.99. The van der Waals surface area contributed by atoms with Crippen LogP contribution in [0.5, 0.6) is 0 Å². The van der Waals surface area contributed by atoms with Crippen molar-refractivity contribution in [2.75, 3.05) is 56.1 Å². The minimum Gasteiger partial charge on any atom is -0.370 e. The molecule has 7 heteroatoms. The van der Waals surface area contributed by atoms with Crippen LogP contribution in [0.15, 0.2) is 78.9 Å². The minimum absolute atomic E-state index is 0.754. The van der Waals surface area contributed by atoms with E-state index in [4.69, 9.17) is 15.0 Å². The van der Waals surface area contributed by atoms with E-state index < -0.39 is 0 Å². The van der Waals surface area contributed by atoms with E-state index in [1.54, 1.807) is 0 Å². The van der Waals surface area contributed by atoms with E-state index >= 15 is 0 Å². The maximum atomic E-state index is 5.16. The maximum absolute atomic E-state index is 5.16. The average molecular weight is 574 g/mol. The van der Waals surface area contributed by atoms with Crippen molar-refractivity contribution < 1.29 is 0 Å². The van der Waals surface area contributed by atoms with Gasteiger partial charge in [0.15, 0.2) is 17.0 Å². The highest BCUT2D eigenvalue weighted by Crippen LogP contribution is 2.32. The summed E-state index contributed by atoms with van der Waals surface area (Å²) < 4.78 is 2.16. The molecule has 0 atom stereocenters. The molecule has 0 aliphatic carbocycles. The molecule has 1 aliphatic heterocycles. The third-order valence-corrected chi connectivity index (χ3v) is 8.73. The quantitative estimate of drug-likeness (QED) is 0.180. The number of para-hydroxylation sites is 1. The molecule has 0 spiro atoms. The van der Waals surface area contributed by atoms with E-state index in [2.05, 4.69) is 107 Å². The molecule has 3 aromatic carbocycles. The Kier molecular flexibility index (Phi) is 8.70. The molecule has 0 N–H and O–H groups in total. The fraction of sp³-hybridized carbons (Fsp3) is 0.361. The number of imidazole rings is 1. The molecule has 0 unspecified atom stereocenters. The first-order valence-electron chi connectivity index (χ1n) is 15.6. The van der Waals surface area contributed by atoms with E-state index in [9.17, 15) is 0 Å². The molecule has 0 amide bonds. The van der Waals surface area contributed by atoms with Gasteiger partial charge >= 0.3 is 0 Å². The van der Waals surface area contributed by atoms with Crippen LogP contribution in [-0.2, 0) is 0 Å². The summed E-state index contributed by atoms with van der Waals surface area (Å²) in [5.74, 6) is 2.53. The first-order valence-corrected chi connectivity index (χ1v) is 15.6. The lowest BCUT2D eigenvalue weighted by Crippen LogP contribution is -2.32. The Hall–Kier alpha value is -4.23. The van der Waals surface area contributed by atoms with Crippen LogP contribution < -0.4 is 9.80 Å². The summed E-state index contributed by atoms with van der Waals surface area (Å²) in [5, 5.41) is 0. The molecule has 6 rings (SSSR count). The second-order valence-electron chi connectivity index (χ2n) is 11.8. The average Bonchev–Trinajstić information content (AvgIpc) is 3.25. The van der Waals surface area contributed by atoms with Crippen molar-refractivity contribution in [1.29, 1.82) is 0 Å². The van der Waals surface area contributed by atoms with Gasteiger partial charge in [0.2, 0.25) is 0 Å². The Balaban J connectivity index is 1.14.